The van der Waals surface area contributed by atoms with E-state index >= 15 is 0 Å². The van der Waals surface area contributed by atoms with Gasteiger partial charge >= 0.3 is 0 Å². The Balaban J connectivity index is 1.78. The van der Waals surface area contributed by atoms with Crippen molar-refractivity contribution in [3.8, 4) is 5.75 Å². The molecule has 0 atom stereocenters. The van der Waals surface area contributed by atoms with Crippen molar-refractivity contribution >= 4 is 5.78 Å². The second-order valence-electron chi connectivity index (χ2n) is 8.31. The van der Waals surface area contributed by atoms with Crippen LogP contribution in [0.1, 0.15) is 58.8 Å². The molecule has 0 spiro atoms. The van der Waals surface area contributed by atoms with Crippen LogP contribution >= 0.6 is 0 Å². The zero-order chi connectivity index (χ0) is 22.9. The number of carbonyl (C=O) groups excluding carboxylic acids is 1. The number of ether oxygens (including phenoxy) is 1. The number of ketones is 1. The van der Waals surface area contributed by atoms with Crippen LogP contribution in [0.2, 0.25) is 0 Å². The minimum Gasteiger partial charge on any atom is -0.492 e. The molecule has 0 heterocycles. The fourth-order valence-electron chi connectivity index (χ4n) is 4.37. The number of nitrogens with zero attached hydrogens (tertiary/aromatic N) is 1. The summed E-state index contributed by atoms with van der Waals surface area (Å²) in [5, 5.41) is 0. The molecule has 0 bridgehead atoms. The largest absolute Gasteiger partial charge is 0.492 e. The number of Topliss-reactive ketones (excluding diaryl/α,β-unsaturated/α-hetero) is 1. The average molecular weight is 430 g/mol. The summed E-state index contributed by atoms with van der Waals surface area (Å²) in [5.41, 5.74) is 5.11. The minimum atomic E-state index is 0.0358. The minimum absolute atomic E-state index is 0.0358. The maximum absolute atomic E-state index is 13.5. The van der Waals surface area contributed by atoms with E-state index in [1.807, 2.05) is 62.4 Å². The molecule has 0 aliphatic heterocycles. The quantitative estimate of drug-likeness (QED) is 0.329. The topological polar surface area (TPSA) is 29.5 Å². The molecule has 0 radical (unpaired) electrons. The molecular weight excluding hydrogens is 394 g/mol. The van der Waals surface area contributed by atoms with Crippen molar-refractivity contribution in [2.75, 3.05) is 26.2 Å². The molecule has 0 aliphatic carbocycles. The number of carbonyl (C=O) groups is 1. The van der Waals surface area contributed by atoms with Crippen molar-refractivity contribution in [2.24, 2.45) is 0 Å². The van der Waals surface area contributed by atoms with Crippen LogP contribution in [0.15, 0.2) is 72.8 Å². The number of hydrogen-bond donors (Lipinski definition) is 0. The SMILES string of the molecule is CCN(CC)CCOc1cc(C)c(C(=O)CC(c2ccccc2)c2ccccc2)c(C)c1. The maximum atomic E-state index is 13.5. The number of hydrogen-bond acceptors (Lipinski definition) is 3. The highest BCUT2D eigenvalue weighted by Crippen LogP contribution is 2.31. The molecule has 0 unspecified atom stereocenters. The summed E-state index contributed by atoms with van der Waals surface area (Å²) in [6, 6.07) is 24.6. The van der Waals surface area contributed by atoms with Gasteiger partial charge in [-0.3, -0.25) is 4.79 Å². The third kappa shape index (κ3) is 6.08. The Labute approximate surface area is 193 Å². The number of benzene rings is 3. The Kier molecular flexibility index (Phi) is 8.64. The van der Waals surface area contributed by atoms with Crippen LogP contribution in [0.25, 0.3) is 0 Å². The molecule has 3 heteroatoms. The van der Waals surface area contributed by atoms with Gasteiger partial charge in [0.1, 0.15) is 12.4 Å². The van der Waals surface area contributed by atoms with Crippen LogP contribution in [0.3, 0.4) is 0 Å². The molecule has 0 N–H and O–H groups in total. The first-order valence-electron chi connectivity index (χ1n) is 11.6. The first-order valence-corrected chi connectivity index (χ1v) is 11.6. The summed E-state index contributed by atoms with van der Waals surface area (Å²) in [5.74, 6) is 1.05. The monoisotopic (exact) mass is 429 g/mol. The van der Waals surface area contributed by atoms with Crippen LogP contribution < -0.4 is 4.74 Å². The van der Waals surface area contributed by atoms with Crippen LogP contribution in [0.5, 0.6) is 5.75 Å². The van der Waals surface area contributed by atoms with Crippen molar-refractivity contribution in [2.45, 2.75) is 40.0 Å². The summed E-state index contributed by atoms with van der Waals surface area (Å²) in [6.45, 7) is 12.0. The molecule has 0 amide bonds. The number of likely N-dealkylation sites (N-methyl/N-ethyl adjacent to an activating group) is 1. The van der Waals surface area contributed by atoms with Gasteiger partial charge in [-0.2, -0.15) is 0 Å². The molecule has 0 fully saturated rings. The molecule has 0 saturated carbocycles. The third-order valence-electron chi connectivity index (χ3n) is 6.15. The van der Waals surface area contributed by atoms with Gasteiger partial charge in [-0.15, -0.1) is 0 Å². The second-order valence-corrected chi connectivity index (χ2v) is 8.31. The van der Waals surface area contributed by atoms with Gasteiger partial charge in [0.05, 0.1) is 0 Å². The third-order valence-corrected chi connectivity index (χ3v) is 6.15. The second kappa shape index (κ2) is 11.6. The number of rotatable bonds is 11. The summed E-state index contributed by atoms with van der Waals surface area (Å²) >= 11 is 0. The Morgan fingerprint density at radius 1 is 0.844 bits per heavy atom. The molecule has 0 aromatic heterocycles. The molecule has 0 saturated heterocycles. The highest BCUT2D eigenvalue weighted by Gasteiger charge is 2.22. The van der Waals surface area contributed by atoms with Crippen LogP contribution in [0, 0.1) is 13.8 Å². The molecule has 3 aromatic carbocycles. The van der Waals surface area contributed by atoms with Gasteiger partial charge in [0, 0.05) is 24.4 Å². The number of aryl methyl sites for hydroxylation is 2. The lowest BCUT2D eigenvalue weighted by Gasteiger charge is -2.20. The van der Waals surface area contributed by atoms with Crippen molar-refractivity contribution in [3.05, 3.63) is 101 Å². The molecule has 3 aromatic rings. The van der Waals surface area contributed by atoms with Crippen molar-refractivity contribution < 1.29 is 9.53 Å². The fraction of sp³-hybridized carbons (Fsp3) is 0.345. The van der Waals surface area contributed by atoms with Crippen molar-refractivity contribution in [1.29, 1.82) is 0 Å². The van der Waals surface area contributed by atoms with Gasteiger partial charge in [-0.25, -0.2) is 0 Å². The zero-order valence-electron chi connectivity index (χ0n) is 19.8. The Hall–Kier alpha value is -2.91. The van der Waals surface area contributed by atoms with E-state index in [-0.39, 0.29) is 11.7 Å². The van der Waals surface area contributed by atoms with Gasteiger partial charge in [-0.05, 0) is 61.3 Å². The standard InChI is InChI=1S/C29H35NO2/c1-5-30(6-2)17-18-32-26-19-22(3)29(23(4)20-26)28(31)21-27(24-13-9-7-10-14-24)25-15-11-8-12-16-25/h7-16,19-20,27H,5-6,17-18,21H2,1-4H3. The lowest BCUT2D eigenvalue weighted by molar-refractivity contribution is 0.0976. The summed E-state index contributed by atoms with van der Waals surface area (Å²) in [7, 11) is 0. The van der Waals surface area contributed by atoms with E-state index in [9.17, 15) is 4.79 Å². The van der Waals surface area contributed by atoms with Gasteiger partial charge in [0.25, 0.3) is 0 Å². The van der Waals surface area contributed by atoms with Crippen molar-refractivity contribution in [1.82, 2.24) is 4.90 Å². The van der Waals surface area contributed by atoms with Gasteiger partial charge in [0.15, 0.2) is 5.78 Å². The van der Waals surface area contributed by atoms with E-state index in [1.54, 1.807) is 0 Å². The van der Waals surface area contributed by atoms with Crippen LogP contribution in [-0.2, 0) is 0 Å². The lowest BCUT2D eigenvalue weighted by Crippen LogP contribution is -2.27. The lowest BCUT2D eigenvalue weighted by atomic mass is 9.84. The molecule has 3 rings (SSSR count). The summed E-state index contributed by atoms with van der Waals surface area (Å²) < 4.78 is 6.00. The molecular formula is C29H35NO2. The van der Waals surface area contributed by atoms with E-state index in [4.69, 9.17) is 4.74 Å². The normalized spacial score (nSPS) is 11.2. The van der Waals surface area contributed by atoms with E-state index in [0.717, 1.165) is 42.1 Å². The smallest absolute Gasteiger partial charge is 0.164 e. The Bertz CT molecular complexity index is 932. The van der Waals surface area contributed by atoms with E-state index in [2.05, 4.69) is 43.0 Å². The van der Waals surface area contributed by atoms with Crippen molar-refractivity contribution in [3.63, 3.8) is 0 Å². The van der Waals surface area contributed by atoms with Crippen LogP contribution in [0.4, 0.5) is 0 Å². The first-order chi connectivity index (χ1) is 15.5. The molecule has 168 valence electrons. The molecule has 3 nitrogen and oxygen atoms in total. The average Bonchev–Trinajstić information content (AvgIpc) is 2.81. The summed E-state index contributed by atoms with van der Waals surface area (Å²) in [4.78, 5) is 15.8. The van der Waals surface area contributed by atoms with E-state index in [0.29, 0.717) is 13.0 Å². The Morgan fingerprint density at radius 3 is 1.81 bits per heavy atom. The highest BCUT2D eigenvalue weighted by atomic mass is 16.5. The van der Waals surface area contributed by atoms with Gasteiger partial charge < -0.3 is 9.64 Å². The maximum Gasteiger partial charge on any atom is 0.164 e. The first kappa shape index (κ1) is 23.7. The fourth-order valence-corrected chi connectivity index (χ4v) is 4.37. The van der Waals surface area contributed by atoms with Crippen LogP contribution in [-0.4, -0.2) is 36.9 Å². The van der Waals surface area contributed by atoms with E-state index in [1.165, 1.54) is 11.1 Å². The Morgan fingerprint density at radius 2 is 1.34 bits per heavy atom. The zero-order valence-corrected chi connectivity index (χ0v) is 19.8. The predicted molar refractivity (Wildman–Crippen MR) is 133 cm³/mol. The highest BCUT2D eigenvalue weighted by molar-refractivity contribution is 5.99. The van der Waals surface area contributed by atoms with E-state index < -0.39 is 0 Å². The molecule has 0 aliphatic rings. The molecule has 32 heavy (non-hydrogen) atoms. The van der Waals surface area contributed by atoms with Gasteiger partial charge in [0.2, 0.25) is 0 Å². The summed E-state index contributed by atoms with van der Waals surface area (Å²) in [6.07, 6.45) is 0.442. The van der Waals surface area contributed by atoms with Gasteiger partial charge in [-0.1, -0.05) is 74.5 Å². The predicted octanol–water partition coefficient (Wildman–Crippen LogP) is 6.43.